The van der Waals surface area contributed by atoms with Crippen LogP contribution in [0.25, 0.3) is 0 Å². The van der Waals surface area contributed by atoms with Gasteiger partial charge in [-0.25, -0.2) is 0 Å². The highest BCUT2D eigenvalue weighted by Gasteiger charge is 2.12. The largest absolute Gasteiger partial charge is 0.393 e. The first-order valence-electron chi connectivity index (χ1n) is 4.90. The molecule has 17 heavy (non-hydrogen) atoms. The number of primary amides is 1. The number of nitrogen functional groups attached to an aromatic ring is 1. The molecule has 0 saturated carbocycles. The van der Waals surface area contributed by atoms with E-state index in [0.717, 1.165) is 5.56 Å². The number of hydrogen-bond acceptors (Lipinski definition) is 5. The quantitative estimate of drug-likeness (QED) is 0.428. The summed E-state index contributed by atoms with van der Waals surface area (Å²) in [7, 11) is 1.72. The van der Waals surface area contributed by atoms with Crippen LogP contribution in [0.2, 0.25) is 0 Å². The zero-order valence-corrected chi connectivity index (χ0v) is 9.42. The summed E-state index contributed by atoms with van der Waals surface area (Å²) >= 11 is 0. The second-order valence-electron chi connectivity index (χ2n) is 3.79. The Balaban J connectivity index is 2.77. The van der Waals surface area contributed by atoms with Crippen LogP contribution < -0.4 is 11.5 Å². The minimum atomic E-state index is -0.535. The molecule has 0 fully saturated rings. The van der Waals surface area contributed by atoms with Crippen molar-refractivity contribution in [1.82, 2.24) is 4.90 Å². The van der Waals surface area contributed by atoms with Gasteiger partial charge in [0.25, 0.3) is 5.69 Å². The van der Waals surface area contributed by atoms with Gasteiger partial charge in [-0.05, 0) is 18.7 Å². The second-order valence-corrected chi connectivity index (χ2v) is 3.79. The molecule has 0 atom stereocenters. The van der Waals surface area contributed by atoms with Crippen LogP contribution in [0.1, 0.15) is 5.56 Å². The smallest absolute Gasteiger partial charge is 0.292 e. The van der Waals surface area contributed by atoms with Gasteiger partial charge in [-0.1, -0.05) is 6.07 Å². The van der Waals surface area contributed by atoms with Crippen molar-refractivity contribution in [3.63, 3.8) is 0 Å². The molecular formula is C10H14N4O3. The lowest BCUT2D eigenvalue weighted by atomic mass is 10.1. The van der Waals surface area contributed by atoms with Crippen LogP contribution in [0.15, 0.2) is 18.2 Å². The summed E-state index contributed by atoms with van der Waals surface area (Å²) in [4.78, 5) is 22.4. The van der Waals surface area contributed by atoms with Crippen LogP contribution >= 0.6 is 0 Å². The molecule has 0 bridgehead atoms. The Labute approximate surface area is 98.1 Å². The van der Waals surface area contributed by atoms with E-state index in [1.54, 1.807) is 18.0 Å². The number of nitrogens with two attached hydrogens (primary N) is 2. The average Bonchev–Trinajstić information content (AvgIpc) is 2.15. The van der Waals surface area contributed by atoms with Crippen molar-refractivity contribution in [3.8, 4) is 0 Å². The normalized spacial score (nSPS) is 10.5. The summed E-state index contributed by atoms with van der Waals surface area (Å²) in [5.74, 6) is -0.428. The molecule has 0 saturated heterocycles. The Bertz CT molecular complexity index is 447. The highest BCUT2D eigenvalue weighted by molar-refractivity contribution is 5.75. The number of benzene rings is 1. The fraction of sp³-hybridized carbons (Fsp3) is 0.300. The average molecular weight is 238 g/mol. The number of rotatable bonds is 5. The molecule has 1 amide bonds. The number of nitro benzene ring substituents is 1. The van der Waals surface area contributed by atoms with Crippen LogP contribution in [0.3, 0.4) is 0 Å². The summed E-state index contributed by atoms with van der Waals surface area (Å²) in [6.45, 7) is 0.571. The highest BCUT2D eigenvalue weighted by atomic mass is 16.6. The first-order chi connectivity index (χ1) is 7.90. The van der Waals surface area contributed by atoms with Crippen LogP contribution in [0.5, 0.6) is 0 Å². The molecule has 0 aliphatic heterocycles. The first-order valence-corrected chi connectivity index (χ1v) is 4.90. The van der Waals surface area contributed by atoms with Crippen molar-refractivity contribution in [2.75, 3.05) is 19.3 Å². The number of carbonyl (C=O) groups excluding carboxylic acids is 1. The maximum absolute atomic E-state index is 10.7. The predicted molar refractivity (Wildman–Crippen MR) is 63.0 cm³/mol. The number of nitrogens with zero attached hydrogens (tertiary/aromatic N) is 2. The van der Waals surface area contributed by atoms with E-state index < -0.39 is 10.8 Å². The number of hydrogen-bond donors (Lipinski definition) is 2. The lowest BCUT2D eigenvalue weighted by Crippen LogP contribution is -2.30. The molecule has 4 N–H and O–H groups in total. The molecule has 0 aliphatic rings. The van der Waals surface area contributed by atoms with Crippen molar-refractivity contribution < 1.29 is 9.72 Å². The fourth-order valence-electron chi connectivity index (χ4n) is 1.50. The van der Waals surface area contributed by atoms with E-state index in [1.165, 1.54) is 12.1 Å². The van der Waals surface area contributed by atoms with E-state index in [1.807, 2.05) is 0 Å². The molecule has 0 heterocycles. The lowest BCUT2D eigenvalue weighted by Gasteiger charge is -2.14. The topological polar surface area (TPSA) is 115 Å². The molecule has 1 aromatic rings. The SMILES string of the molecule is CN(CC(N)=O)Cc1ccc([N+](=O)[O-])c(N)c1. The van der Waals surface area contributed by atoms with Crippen molar-refractivity contribution in [2.24, 2.45) is 5.73 Å². The van der Waals surface area contributed by atoms with E-state index in [9.17, 15) is 14.9 Å². The van der Waals surface area contributed by atoms with Gasteiger partial charge in [0.15, 0.2) is 0 Å². The maximum Gasteiger partial charge on any atom is 0.292 e. The van der Waals surface area contributed by atoms with Crippen molar-refractivity contribution >= 4 is 17.3 Å². The summed E-state index contributed by atoms with van der Waals surface area (Å²) in [5.41, 5.74) is 11.4. The van der Waals surface area contributed by atoms with E-state index in [4.69, 9.17) is 11.5 Å². The third-order valence-corrected chi connectivity index (χ3v) is 2.17. The van der Waals surface area contributed by atoms with Gasteiger partial charge in [-0.3, -0.25) is 19.8 Å². The minimum absolute atomic E-state index is 0.111. The van der Waals surface area contributed by atoms with Gasteiger partial charge in [-0.2, -0.15) is 0 Å². The van der Waals surface area contributed by atoms with Gasteiger partial charge in [0, 0.05) is 12.6 Å². The zero-order chi connectivity index (χ0) is 13.0. The first kappa shape index (κ1) is 12.9. The molecule has 0 unspecified atom stereocenters. The Hall–Kier alpha value is -2.15. The summed E-state index contributed by atoms with van der Waals surface area (Å²) in [6.07, 6.45) is 0. The van der Waals surface area contributed by atoms with E-state index in [0.29, 0.717) is 6.54 Å². The third-order valence-electron chi connectivity index (χ3n) is 2.17. The molecule has 0 radical (unpaired) electrons. The van der Waals surface area contributed by atoms with E-state index >= 15 is 0 Å². The number of nitro groups is 1. The van der Waals surface area contributed by atoms with Crippen molar-refractivity contribution in [2.45, 2.75) is 6.54 Å². The summed E-state index contributed by atoms with van der Waals surface area (Å²) < 4.78 is 0. The fourth-order valence-corrected chi connectivity index (χ4v) is 1.50. The molecule has 7 nitrogen and oxygen atoms in total. The van der Waals surface area contributed by atoms with Gasteiger partial charge in [-0.15, -0.1) is 0 Å². The molecule has 1 rings (SSSR count). The molecule has 7 heteroatoms. The van der Waals surface area contributed by atoms with Gasteiger partial charge < -0.3 is 11.5 Å². The summed E-state index contributed by atoms with van der Waals surface area (Å²) in [6, 6.07) is 4.48. The zero-order valence-electron chi connectivity index (χ0n) is 9.42. The Kier molecular flexibility index (Phi) is 4.00. The summed E-state index contributed by atoms with van der Waals surface area (Å²) in [5, 5.41) is 10.6. The van der Waals surface area contributed by atoms with Gasteiger partial charge in [0.05, 0.1) is 11.5 Å². The minimum Gasteiger partial charge on any atom is -0.393 e. The Morgan fingerprint density at radius 1 is 1.53 bits per heavy atom. The predicted octanol–water partition coefficient (Wildman–Crippen LogP) is 0.0941. The number of anilines is 1. The highest BCUT2D eigenvalue weighted by Crippen LogP contribution is 2.22. The van der Waals surface area contributed by atoms with Crippen LogP contribution in [0.4, 0.5) is 11.4 Å². The van der Waals surface area contributed by atoms with Crippen molar-refractivity contribution in [1.29, 1.82) is 0 Å². The second kappa shape index (κ2) is 5.26. The maximum atomic E-state index is 10.7. The third kappa shape index (κ3) is 3.72. The van der Waals surface area contributed by atoms with Gasteiger partial charge in [0.1, 0.15) is 5.69 Å². The molecule has 1 aromatic carbocycles. The Morgan fingerprint density at radius 3 is 2.65 bits per heavy atom. The van der Waals surface area contributed by atoms with Gasteiger partial charge >= 0.3 is 0 Å². The monoisotopic (exact) mass is 238 g/mol. The van der Waals surface area contributed by atoms with E-state index in [2.05, 4.69) is 0 Å². The van der Waals surface area contributed by atoms with Crippen molar-refractivity contribution in [3.05, 3.63) is 33.9 Å². The van der Waals surface area contributed by atoms with Crippen LogP contribution in [-0.4, -0.2) is 29.3 Å². The van der Waals surface area contributed by atoms with Crippen LogP contribution in [0, 0.1) is 10.1 Å². The number of amides is 1. The molecule has 0 spiro atoms. The van der Waals surface area contributed by atoms with Gasteiger partial charge in [0.2, 0.25) is 5.91 Å². The van der Waals surface area contributed by atoms with Crippen LogP contribution in [-0.2, 0) is 11.3 Å². The van der Waals surface area contributed by atoms with E-state index in [-0.39, 0.29) is 17.9 Å². The lowest BCUT2D eigenvalue weighted by molar-refractivity contribution is -0.383. The number of carbonyl (C=O) groups is 1. The number of likely N-dealkylation sites (N-methyl/N-ethyl adjacent to an activating group) is 1. The standard InChI is InChI=1S/C10H14N4O3/c1-13(6-10(12)15)5-7-2-3-9(14(16)17)8(11)4-7/h2-4H,5-6,11H2,1H3,(H2,12,15). The molecular weight excluding hydrogens is 224 g/mol. The molecule has 0 aliphatic carbocycles. The molecule has 0 aromatic heterocycles. The Morgan fingerprint density at radius 2 is 2.18 bits per heavy atom. The molecule has 92 valence electrons.